The van der Waals surface area contributed by atoms with E-state index in [9.17, 15) is 9.59 Å². The van der Waals surface area contributed by atoms with E-state index in [0.717, 1.165) is 26.1 Å². The quantitative estimate of drug-likeness (QED) is 0.667. The Labute approximate surface area is 173 Å². The van der Waals surface area contributed by atoms with Crippen LogP contribution in [0.15, 0.2) is 60.7 Å². The lowest BCUT2D eigenvalue weighted by Gasteiger charge is -2.36. The SMILES string of the molecule is O=C(c1ccccc1)C1CC(=O)N(CCC2CCCCN2Cc2ccccc2)C1. The highest BCUT2D eigenvalue weighted by Gasteiger charge is 2.35. The molecule has 0 bridgehead atoms. The van der Waals surface area contributed by atoms with Crippen LogP contribution in [0.2, 0.25) is 0 Å². The highest BCUT2D eigenvalue weighted by molar-refractivity contribution is 6.01. The van der Waals surface area contributed by atoms with Gasteiger partial charge in [-0.1, -0.05) is 67.1 Å². The van der Waals surface area contributed by atoms with Crippen molar-refractivity contribution < 1.29 is 9.59 Å². The van der Waals surface area contributed by atoms with Crippen molar-refractivity contribution in [3.8, 4) is 0 Å². The molecule has 0 saturated carbocycles. The molecule has 0 radical (unpaired) electrons. The standard InChI is InChI=1S/C25H30N2O2/c28-24-17-22(25(29)21-11-5-2-6-12-21)19-27(24)16-14-23-13-7-8-15-26(23)18-20-9-3-1-4-10-20/h1-6,9-12,22-23H,7-8,13-19H2. The summed E-state index contributed by atoms with van der Waals surface area (Å²) in [5.41, 5.74) is 2.07. The molecule has 2 saturated heterocycles. The molecule has 2 heterocycles. The molecular formula is C25H30N2O2. The van der Waals surface area contributed by atoms with Crippen molar-refractivity contribution in [1.82, 2.24) is 9.80 Å². The number of hydrogen-bond acceptors (Lipinski definition) is 3. The number of carbonyl (C=O) groups excluding carboxylic acids is 2. The molecular weight excluding hydrogens is 360 g/mol. The highest BCUT2D eigenvalue weighted by Crippen LogP contribution is 2.26. The van der Waals surface area contributed by atoms with E-state index in [0.29, 0.717) is 24.6 Å². The van der Waals surface area contributed by atoms with Gasteiger partial charge in [0, 0.05) is 43.6 Å². The fourth-order valence-electron chi connectivity index (χ4n) is 4.72. The van der Waals surface area contributed by atoms with Crippen molar-refractivity contribution in [1.29, 1.82) is 0 Å². The Bertz CT molecular complexity index is 821. The topological polar surface area (TPSA) is 40.6 Å². The summed E-state index contributed by atoms with van der Waals surface area (Å²) < 4.78 is 0. The summed E-state index contributed by atoms with van der Waals surface area (Å²) in [6.45, 7) is 3.43. The van der Waals surface area contributed by atoms with Gasteiger partial charge in [0.1, 0.15) is 0 Å². The summed E-state index contributed by atoms with van der Waals surface area (Å²) in [5, 5.41) is 0. The molecule has 4 nitrogen and oxygen atoms in total. The van der Waals surface area contributed by atoms with Crippen LogP contribution in [-0.4, -0.2) is 47.2 Å². The maximum Gasteiger partial charge on any atom is 0.223 e. The van der Waals surface area contributed by atoms with Gasteiger partial charge in [-0.15, -0.1) is 0 Å². The third kappa shape index (κ3) is 4.94. The molecule has 1 amide bonds. The third-order valence-corrected chi connectivity index (χ3v) is 6.35. The average molecular weight is 391 g/mol. The zero-order valence-electron chi connectivity index (χ0n) is 17.0. The Hall–Kier alpha value is -2.46. The Morgan fingerprint density at radius 1 is 0.966 bits per heavy atom. The maximum absolute atomic E-state index is 12.7. The summed E-state index contributed by atoms with van der Waals surface area (Å²) in [4.78, 5) is 29.7. The first-order valence-electron chi connectivity index (χ1n) is 10.9. The Morgan fingerprint density at radius 3 is 2.45 bits per heavy atom. The van der Waals surface area contributed by atoms with E-state index >= 15 is 0 Å². The third-order valence-electron chi connectivity index (χ3n) is 6.35. The average Bonchev–Trinajstić information content (AvgIpc) is 3.14. The van der Waals surface area contributed by atoms with Crippen LogP contribution in [0.25, 0.3) is 0 Å². The van der Waals surface area contributed by atoms with Gasteiger partial charge >= 0.3 is 0 Å². The van der Waals surface area contributed by atoms with Gasteiger partial charge in [0.15, 0.2) is 5.78 Å². The maximum atomic E-state index is 12.7. The van der Waals surface area contributed by atoms with Gasteiger partial charge in [0.05, 0.1) is 0 Å². The summed E-state index contributed by atoms with van der Waals surface area (Å²) in [6, 6.07) is 20.5. The molecule has 2 aliphatic rings. The molecule has 2 aliphatic heterocycles. The minimum absolute atomic E-state index is 0.102. The molecule has 0 aromatic heterocycles. The van der Waals surface area contributed by atoms with E-state index in [1.807, 2.05) is 35.2 Å². The molecule has 0 aliphatic carbocycles. The summed E-state index contributed by atoms with van der Waals surface area (Å²) in [5.74, 6) is 0.0335. The zero-order chi connectivity index (χ0) is 20.1. The number of hydrogen-bond donors (Lipinski definition) is 0. The number of amides is 1. The lowest BCUT2D eigenvalue weighted by Crippen LogP contribution is -2.41. The van der Waals surface area contributed by atoms with Gasteiger partial charge in [-0.2, -0.15) is 0 Å². The second-order valence-electron chi connectivity index (χ2n) is 8.37. The van der Waals surface area contributed by atoms with E-state index in [4.69, 9.17) is 0 Å². The van der Waals surface area contributed by atoms with Crippen molar-refractivity contribution in [3.05, 3.63) is 71.8 Å². The van der Waals surface area contributed by atoms with Crippen molar-refractivity contribution in [2.45, 2.75) is 44.7 Å². The van der Waals surface area contributed by atoms with E-state index < -0.39 is 0 Å². The Kier molecular flexibility index (Phi) is 6.40. The van der Waals surface area contributed by atoms with Gasteiger partial charge in [-0.3, -0.25) is 14.5 Å². The first-order valence-corrected chi connectivity index (χ1v) is 10.9. The molecule has 4 heteroatoms. The number of carbonyl (C=O) groups is 2. The lowest BCUT2D eigenvalue weighted by atomic mass is 9.97. The largest absolute Gasteiger partial charge is 0.342 e. The van der Waals surface area contributed by atoms with Crippen molar-refractivity contribution in [3.63, 3.8) is 0 Å². The minimum Gasteiger partial charge on any atom is -0.342 e. The first kappa shape index (κ1) is 19.8. The number of Topliss-reactive ketones (excluding diaryl/α,β-unsaturated/α-hetero) is 1. The second-order valence-corrected chi connectivity index (χ2v) is 8.37. The zero-order valence-corrected chi connectivity index (χ0v) is 17.0. The molecule has 29 heavy (non-hydrogen) atoms. The van der Waals surface area contributed by atoms with Crippen LogP contribution in [0, 0.1) is 5.92 Å². The molecule has 2 aromatic rings. The molecule has 0 spiro atoms. The molecule has 2 aromatic carbocycles. The fraction of sp³-hybridized carbons (Fsp3) is 0.440. The van der Waals surface area contributed by atoms with Gasteiger partial charge in [-0.05, 0) is 31.4 Å². The van der Waals surface area contributed by atoms with Crippen LogP contribution in [0.3, 0.4) is 0 Å². The molecule has 2 fully saturated rings. The number of rotatable bonds is 7. The van der Waals surface area contributed by atoms with E-state index in [1.54, 1.807) is 0 Å². The summed E-state index contributed by atoms with van der Waals surface area (Å²) in [7, 11) is 0. The minimum atomic E-state index is -0.198. The Morgan fingerprint density at radius 2 is 1.69 bits per heavy atom. The normalized spacial score (nSPS) is 22.8. The predicted molar refractivity (Wildman–Crippen MR) is 115 cm³/mol. The van der Waals surface area contributed by atoms with Crippen LogP contribution >= 0.6 is 0 Å². The molecule has 2 unspecified atom stereocenters. The second kappa shape index (κ2) is 9.36. The first-order chi connectivity index (χ1) is 14.2. The van der Waals surface area contributed by atoms with Crippen molar-refractivity contribution in [2.24, 2.45) is 5.92 Å². The summed E-state index contributed by atoms with van der Waals surface area (Å²) in [6.07, 6.45) is 5.05. The van der Waals surface area contributed by atoms with Gasteiger partial charge < -0.3 is 4.90 Å². The molecule has 4 rings (SSSR count). The lowest BCUT2D eigenvalue weighted by molar-refractivity contribution is -0.127. The number of likely N-dealkylation sites (tertiary alicyclic amines) is 2. The van der Waals surface area contributed by atoms with E-state index in [-0.39, 0.29) is 17.6 Å². The van der Waals surface area contributed by atoms with Crippen LogP contribution in [-0.2, 0) is 11.3 Å². The van der Waals surface area contributed by atoms with Crippen LogP contribution < -0.4 is 0 Å². The predicted octanol–water partition coefficient (Wildman–Crippen LogP) is 4.16. The molecule has 0 N–H and O–H groups in total. The summed E-state index contributed by atoms with van der Waals surface area (Å²) >= 11 is 0. The van der Waals surface area contributed by atoms with Crippen LogP contribution in [0.4, 0.5) is 0 Å². The Balaban J connectivity index is 1.33. The van der Waals surface area contributed by atoms with Gasteiger partial charge in [0.2, 0.25) is 5.91 Å². The number of piperidine rings is 1. The van der Waals surface area contributed by atoms with Gasteiger partial charge in [-0.25, -0.2) is 0 Å². The molecule has 2 atom stereocenters. The number of benzene rings is 2. The highest BCUT2D eigenvalue weighted by atomic mass is 16.2. The monoisotopic (exact) mass is 390 g/mol. The van der Waals surface area contributed by atoms with Gasteiger partial charge in [0.25, 0.3) is 0 Å². The number of nitrogens with zero attached hydrogens (tertiary/aromatic N) is 2. The van der Waals surface area contributed by atoms with Crippen LogP contribution in [0.1, 0.15) is 48.0 Å². The number of ketones is 1. The fourth-order valence-corrected chi connectivity index (χ4v) is 4.72. The van der Waals surface area contributed by atoms with E-state index in [1.165, 1.54) is 24.8 Å². The van der Waals surface area contributed by atoms with Crippen molar-refractivity contribution >= 4 is 11.7 Å². The van der Waals surface area contributed by atoms with Crippen LogP contribution in [0.5, 0.6) is 0 Å². The molecule has 152 valence electrons. The van der Waals surface area contributed by atoms with Crippen molar-refractivity contribution in [2.75, 3.05) is 19.6 Å². The van der Waals surface area contributed by atoms with E-state index in [2.05, 4.69) is 35.2 Å². The smallest absolute Gasteiger partial charge is 0.223 e.